The molecule has 0 saturated heterocycles. The molecule has 0 saturated carbocycles. The summed E-state index contributed by atoms with van der Waals surface area (Å²) in [4.78, 5) is 0. The van der Waals surface area contributed by atoms with E-state index in [9.17, 15) is 0 Å². The number of aromatic nitrogens is 2. The lowest BCUT2D eigenvalue weighted by Crippen LogP contribution is -2.31. The molecule has 0 radical (unpaired) electrons. The van der Waals surface area contributed by atoms with Gasteiger partial charge in [0.1, 0.15) is 0 Å². The maximum Gasteiger partial charge on any atom is 0.161 e. The van der Waals surface area contributed by atoms with Crippen molar-refractivity contribution in [2.45, 2.75) is 39.8 Å². The van der Waals surface area contributed by atoms with Gasteiger partial charge in [0, 0.05) is 6.54 Å². The van der Waals surface area contributed by atoms with Gasteiger partial charge in [-0.3, -0.25) is 16.0 Å². The van der Waals surface area contributed by atoms with Crippen LogP contribution in [0.3, 0.4) is 0 Å². The number of hydrazine groups is 1. The van der Waals surface area contributed by atoms with E-state index in [1.54, 1.807) is 13.3 Å². The van der Waals surface area contributed by atoms with Crippen molar-refractivity contribution in [2.75, 3.05) is 7.11 Å². The SMILES string of the molecule is CCn1ncc(OC)c1C(Cc1ccc(C)c(C)c1)NN. The van der Waals surface area contributed by atoms with Gasteiger partial charge in [0.15, 0.2) is 5.75 Å². The Morgan fingerprint density at radius 3 is 2.67 bits per heavy atom. The second-order valence-corrected chi connectivity index (χ2v) is 5.26. The second-order valence-electron chi connectivity index (χ2n) is 5.26. The number of nitrogens with one attached hydrogen (secondary N) is 1. The monoisotopic (exact) mass is 288 g/mol. The van der Waals surface area contributed by atoms with Crippen molar-refractivity contribution in [2.24, 2.45) is 5.84 Å². The lowest BCUT2D eigenvalue weighted by molar-refractivity contribution is 0.391. The molecule has 1 atom stereocenters. The standard InChI is InChI=1S/C16H24N4O/c1-5-20-16(15(21-4)10-18-20)14(19-17)9-13-7-6-11(2)12(3)8-13/h6-8,10,14,19H,5,9,17H2,1-4H3. The molecule has 0 aliphatic rings. The smallest absolute Gasteiger partial charge is 0.161 e. The highest BCUT2D eigenvalue weighted by Crippen LogP contribution is 2.27. The average Bonchev–Trinajstić information content (AvgIpc) is 2.91. The van der Waals surface area contributed by atoms with E-state index in [1.165, 1.54) is 16.7 Å². The van der Waals surface area contributed by atoms with Crippen LogP contribution in [0.2, 0.25) is 0 Å². The van der Waals surface area contributed by atoms with Gasteiger partial charge in [-0.2, -0.15) is 5.10 Å². The molecule has 0 aliphatic carbocycles. The van der Waals surface area contributed by atoms with Crippen LogP contribution in [-0.4, -0.2) is 16.9 Å². The molecule has 5 nitrogen and oxygen atoms in total. The summed E-state index contributed by atoms with van der Waals surface area (Å²) in [5.74, 6) is 6.55. The van der Waals surface area contributed by atoms with Gasteiger partial charge in [0.25, 0.3) is 0 Å². The number of ether oxygens (including phenoxy) is 1. The van der Waals surface area contributed by atoms with Crippen LogP contribution in [0.25, 0.3) is 0 Å². The third kappa shape index (κ3) is 3.25. The van der Waals surface area contributed by atoms with Gasteiger partial charge < -0.3 is 4.74 Å². The highest BCUT2D eigenvalue weighted by molar-refractivity contribution is 5.33. The van der Waals surface area contributed by atoms with Crippen molar-refractivity contribution in [1.29, 1.82) is 0 Å². The minimum absolute atomic E-state index is 0.0375. The molecule has 1 unspecified atom stereocenters. The number of hydrogen-bond acceptors (Lipinski definition) is 4. The Balaban J connectivity index is 2.31. The van der Waals surface area contributed by atoms with E-state index in [4.69, 9.17) is 10.6 Å². The maximum atomic E-state index is 5.78. The Labute approximate surface area is 126 Å². The van der Waals surface area contributed by atoms with Crippen molar-refractivity contribution in [3.63, 3.8) is 0 Å². The predicted octanol–water partition coefficient (Wildman–Crippen LogP) is 2.28. The van der Waals surface area contributed by atoms with Crippen LogP contribution in [-0.2, 0) is 13.0 Å². The topological polar surface area (TPSA) is 65.1 Å². The molecule has 5 heteroatoms. The molecule has 1 heterocycles. The molecule has 21 heavy (non-hydrogen) atoms. The summed E-state index contributed by atoms with van der Waals surface area (Å²) in [5.41, 5.74) is 7.71. The molecule has 114 valence electrons. The highest BCUT2D eigenvalue weighted by Gasteiger charge is 2.21. The zero-order valence-electron chi connectivity index (χ0n) is 13.2. The summed E-state index contributed by atoms with van der Waals surface area (Å²) in [6, 6.07) is 6.46. The van der Waals surface area contributed by atoms with Gasteiger partial charge in [-0.05, 0) is 43.9 Å². The molecule has 0 bridgehead atoms. The van der Waals surface area contributed by atoms with Crippen molar-refractivity contribution in [3.8, 4) is 5.75 Å². The summed E-state index contributed by atoms with van der Waals surface area (Å²) < 4.78 is 7.33. The van der Waals surface area contributed by atoms with E-state index in [0.717, 1.165) is 24.4 Å². The van der Waals surface area contributed by atoms with E-state index in [-0.39, 0.29) is 6.04 Å². The molecule has 0 amide bonds. The number of methoxy groups -OCH3 is 1. The zero-order chi connectivity index (χ0) is 15.4. The number of nitrogens with two attached hydrogens (primary N) is 1. The van der Waals surface area contributed by atoms with E-state index >= 15 is 0 Å². The summed E-state index contributed by atoms with van der Waals surface area (Å²) in [6.07, 6.45) is 2.53. The Hall–Kier alpha value is -1.85. The second kappa shape index (κ2) is 6.74. The van der Waals surface area contributed by atoms with E-state index in [2.05, 4.69) is 49.5 Å². The van der Waals surface area contributed by atoms with Crippen LogP contribution in [0.4, 0.5) is 0 Å². The van der Waals surface area contributed by atoms with E-state index in [1.807, 2.05) is 4.68 Å². The molecule has 0 fully saturated rings. The van der Waals surface area contributed by atoms with Crippen LogP contribution in [0.15, 0.2) is 24.4 Å². The molecular weight excluding hydrogens is 264 g/mol. The van der Waals surface area contributed by atoms with Crippen molar-refractivity contribution in [1.82, 2.24) is 15.2 Å². The Bertz CT molecular complexity index is 585. The van der Waals surface area contributed by atoms with E-state index in [0.29, 0.717) is 0 Å². The predicted molar refractivity (Wildman–Crippen MR) is 84.1 cm³/mol. The molecule has 0 spiro atoms. The molecule has 2 rings (SSSR count). The van der Waals surface area contributed by atoms with Gasteiger partial charge in [-0.25, -0.2) is 0 Å². The third-order valence-electron chi connectivity index (χ3n) is 3.91. The fourth-order valence-electron chi connectivity index (χ4n) is 2.54. The first-order valence-electron chi connectivity index (χ1n) is 7.22. The minimum atomic E-state index is -0.0375. The van der Waals surface area contributed by atoms with Gasteiger partial charge in [0.2, 0.25) is 0 Å². The fraction of sp³-hybridized carbons (Fsp3) is 0.438. The Kier molecular flexibility index (Phi) is 4.98. The highest BCUT2D eigenvalue weighted by atomic mass is 16.5. The molecular formula is C16H24N4O. The molecule has 2 aromatic rings. The molecule has 0 aliphatic heterocycles. The minimum Gasteiger partial charge on any atom is -0.493 e. The number of hydrogen-bond donors (Lipinski definition) is 2. The summed E-state index contributed by atoms with van der Waals surface area (Å²) >= 11 is 0. The van der Waals surface area contributed by atoms with Gasteiger partial charge in [0.05, 0.1) is 25.0 Å². The summed E-state index contributed by atoms with van der Waals surface area (Å²) in [7, 11) is 1.66. The van der Waals surface area contributed by atoms with Crippen LogP contribution >= 0.6 is 0 Å². The molecule has 3 N–H and O–H groups in total. The normalized spacial score (nSPS) is 12.4. The average molecular weight is 288 g/mol. The molecule has 1 aromatic heterocycles. The maximum absolute atomic E-state index is 5.78. The first kappa shape index (κ1) is 15.5. The lowest BCUT2D eigenvalue weighted by Gasteiger charge is -2.19. The quantitative estimate of drug-likeness (QED) is 0.632. The van der Waals surface area contributed by atoms with Crippen LogP contribution < -0.4 is 16.0 Å². The number of rotatable bonds is 6. The van der Waals surface area contributed by atoms with Crippen LogP contribution in [0.1, 0.15) is 35.3 Å². The largest absolute Gasteiger partial charge is 0.493 e. The molecule has 1 aromatic carbocycles. The summed E-state index contributed by atoms with van der Waals surface area (Å²) in [5, 5.41) is 4.34. The number of nitrogens with zero attached hydrogens (tertiary/aromatic N) is 2. The van der Waals surface area contributed by atoms with Crippen LogP contribution in [0, 0.1) is 13.8 Å². The first-order chi connectivity index (χ1) is 10.1. The van der Waals surface area contributed by atoms with Crippen LogP contribution in [0.5, 0.6) is 5.75 Å². The first-order valence-corrected chi connectivity index (χ1v) is 7.22. The lowest BCUT2D eigenvalue weighted by atomic mass is 9.99. The zero-order valence-corrected chi connectivity index (χ0v) is 13.2. The Morgan fingerprint density at radius 1 is 1.33 bits per heavy atom. The van der Waals surface area contributed by atoms with Gasteiger partial charge in [-0.15, -0.1) is 0 Å². The van der Waals surface area contributed by atoms with Gasteiger partial charge in [-0.1, -0.05) is 18.2 Å². The Morgan fingerprint density at radius 2 is 2.10 bits per heavy atom. The van der Waals surface area contributed by atoms with Crippen molar-refractivity contribution in [3.05, 3.63) is 46.8 Å². The van der Waals surface area contributed by atoms with Crippen molar-refractivity contribution >= 4 is 0 Å². The summed E-state index contributed by atoms with van der Waals surface area (Å²) in [6.45, 7) is 7.08. The number of benzene rings is 1. The third-order valence-corrected chi connectivity index (χ3v) is 3.91. The number of aryl methyl sites for hydroxylation is 3. The van der Waals surface area contributed by atoms with Crippen molar-refractivity contribution < 1.29 is 4.74 Å². The van der Waals surface area contributed by atoms with Gasteiger partial charge >= 0.3 is 0 Å². The van der Waals surface area contributed by atoms with E-state index < -0.39 is 0 Å². The fourth-order valence-corrected chi connectivity index (χ4v) is 2.54.